The van der Waals surface area contributed by atoms with E-state index >= 15 is 0 Å². The van der Waals surface area contributed by atoms with Crippen molar-refractivity contribution >= 4 is 23.5 Å². The Labute approximate surface area is 74.7 Å². The Balaban J connectivity index is 2.89. The first-order chi connectivity index (χ1) is 5.74. The first-order valence-electron chi connectivity index (χ1n) is 3.29. The van der Waals surface area contributed by atoms with Crippen LogP contribution in [0.5, 0.6) is 0 Å². The highest BCUT2D eigenvalue weighted by atomic mass is 35.5. The summed E-state index contributed by atoms with van der Waals surface area (Å²) >= 11 is 5.60. The highest BCUT2D eigenvalue weighted by Gasteiger charge is 1.97. The molecule has 0 fully saturated rings. The minimum Gasteiger partial charge on any atom is -0.392 e. The van der Waals surface area contributed by atoms with Crippen LogP contribution in [-0.4, -0.2) is 21.7 Å². The van der Waals surface area contributed by atoms with Gasteiger partial charge in [0, 0.05) is 0 Å². The zero-order chi connectivity index (χ0) is 8.97. The molecule has 1 aromatic heterocycles. The lowest BCUT2D eigenvalue weighted by Gasteiger charge is -1.96. The van der Waals surface area contributed by atoms with E-state index in [1.54, 1.807) is 6.08 Å². The maximum Gasteiger partial charge on any atom is 0.171 e. The highest BCUT2D eigenvalue weighted by Crippen LogP contribution is 2.12. The van der Waals surface area contributed by atoms with Crippen molar-refractivity contribution in [1.29, 1.82) is 0 Å². The molecular formula is C7H8ClN3O. The summed E-state index contributed by atoms with van der Waals surface area (Å²) in [4.78, 5) is 7.67. The van der Waals surface area contributed by atoms with Gasteiger partial charge in [-0.2, -0.15) is 0 Å². The predicted octanol–water partition coefficient (Wildman–Crippen LogP) is 0.718. The van der Waals surface area contributed by atoms with Gasteiger partial charge in [-0.05, 0) is 6.08 Å². The number of aliphatic hydroxyl groups is 1. The van der Waals surface area contributed by atoms with Crippen molar-refractivity contribution in [3.63, 3.8) is 0 Å². The number of aromatic nitrogens is 2. The standard InChI is InChI=1S/C7H8ClN3O/c8-6-7(9)10-4-5(11-6)2-1-3-12/h1-2,4,12H,3H2,(H2,9,10). The van der Waals surface area contributed by atoms with E-state index in [2.05, 4.69) is 9.97 Å². The maximum atomic E-state index is 8.46. The van der Waals surface area contributed by atoms with Gasteiger partial charge in [-0.3, -0.25) is 0 Å². The summed E-state index contributed by atoms with van der Waals surface area (Å²) in [6.45, 7) is -0.0380. The molecule has 4 nitrogen and oxygen atoms in total. The van der Waals surface area contributed by atoms with Gasteiger partial charge in [-0.15, -0.1) is 0 Å². The van der Waals surface area contributed by atoms with Crippen LogP contribution >= 0.6 is 11.6 Å². The number of nitrogens with zero attached hydrogens (tertiary/aromatic N) is 2. The van der Waals surface area contributed by atoms with E-state index in [4.69, 9.17) is 22.4 Å². The first kappa shape index (κ1) is 8.96. The highest BCUT2D eigenvalue weighted by molar-refractivity contribution is 6.31. The molecule has 12 heavy (non-hydrogen) atoms. The molecule has 0 aliphatic carbocycles. The number of rotatable bonds is 2. The SMILES string of the molecule is Nc1ncc(C=CCO)nc1Cl. The molecule has 0 saturated carbocycles. The summed E-state index contributed by atoms with van der Waals surface area (Å²) in [5.41, 5.74) is 5.91. The van der Waals surface area contributed by atoms with E-state index in [9.17, 15) is 0 Å². The lowest BCUT2D eigenvalue weighted by atomic mass is 10.4. The van der Waals surface area contributed by atoms with Gasteiger partial charge in [-0.1, -0.05) is 17.7 Å². The third-order valence-electron chi connectivity index (χ3n) is 1.17. The summed E-state index contributed by atoms with van der Waals surface area (Å²) in [5.74, 6) is 0.206. The van der Waals surface area contributed by atoms with Crippen LogP contribution in [0.15, 0.2) is 12.3 Å². The van der Waals surface area contributed by atoms with Gasteiger partial charge < -0.3 is 10.8 Å². The normalized spacial score (nSPS) is 10.8. The van der Waals surface area contributed by atoms with E-state index < -0.39 is 0 Å². The number of hydrogen-bond donors (Lipinski definition) is 2. The van der Waals surface area contributed by atoms with Crippen molar-refractivity contribution < 1.29 is 5.11 Å². The van der Waals surface area contributed by atoms with Crippen molar-refractivity contribution in [2.45, 2.75) is 0 Å². The molecule has 64 valence electrons. The van der Waals surface area contributed by atoms with Crippen molar-refractivity contribution in [3.05, 3.63) is 23.1 Å². The fourth-order valence-electron chi connectivity index (χ4n) is 0.642. The first-order valence-corrected chi connectivity index (χ1v) is 3.67. The third kappa shape index (κ3) is 2.18. The van der Waals surface area contributed by atoms with Crippen LogP contribution in [0.3, 0.4) is 0 Å². The predicted molar refractivity (Wildman–Crippen MR) is 47.6 cm³/mol. The van der Waals surface area contributed by atoms with Crippen molar-refractivity contribution in [2.75, 3.05) is 12.3 Å². The fourth-order valence-corrected chi connectivity index (χ4v) is 0.789. The van der Waals surface area contributed by atoms with Crippen LogP contribution < -0.4 is 5.73 Å². The quantitative estimate of drug-likeness (QED) is 0.712. The Morgan fingerprint density at radius 1 is 1.67 bits per heavy atom. The summed E-state index contributed by atoms with van der Waals surface area (Å²) in [6, 6.07) is 0. The third-order valence-corrected chi connectivity index (χ3v) is 1.45. The van der Waals surface area contributed by atoms with Crippen LogP contribution in [0.2, 0.25) is 5.15 Å². The Bertz CT molecular complexity index is 301. The van der Waals surface area contributed by atoms with Crippen molar-refractivity contribution in [3.8, 4) is 0 Å². The van der Waals surface area contributed by atoms with E-state index in [0.717, 1.165) is 0 Å². The largest absolute Gasteiger partial charge is 0.392 e. The molecule has 0 aliphatic rings. The molecule has 0 radical (unpaired) electrons. The molecule has 0 amide bonds. The Morgan fingerprint density at radius 3 is 3.00 bits per heavy atom. The minimum atomic E-state index is -0.0380. The van der Waals surface area contributed by atoms with Crippen LogP contribution in [0.1, 0.15) is 5.69 Å². The van der Waals surface area contributed by atoms with Gasteiger partial charge in [0.05, 0.1) is 18.5 Å². The van der Waals surface area contributed by atoms with E-state index in [-0.39, 0.29) is 17.6 Å². The molecule has 0 atom stereocenters. The van der Waals surface area contributed by atoms with Gasteiger partial charge in [0.25, 0.3) is 0 Å². The molecule has 3 N–H and O–H groups in total. The number of nitrogen functional groups attached to an aromatic ring is 1. The number of nitrogens with two attached hydrogens (primary N) is 1. The summed E-state index contributed by atoms with van der Waals surface area (Å²) in [6.07, 6.45) is 4.63. The van der Waals surface area contributed by atoms with Crippen molar-refractivity contribution in [2.24, 2.45) is 0 Å². The van der Waals surface area contributed by atoms with Gasteiger partial charge >= 0.3 is 0 Å². The van der Waals surface area contributed by atoms with E-state index in [1.807, 2.05) is 0 Å². The molecule has 1 aromatic rings. The van der Waals surface area contributed by atoms with Crippen molar-refractivity contribution in [1.82, 2.24) is 9.97 Å². The summed E-state index contributed by atoms with van der Waals surface area (Å²) in [5, 5.41) is 8.63. The molecule has 0 saturated heterocycles. The zero-order valence-electron chi connectivity index (χ0n) is 6.24. The molecule has 0 spiro atoms. The zero-order valence-corrected chi connectivity index (χ0v) is 6.99. The van der Waals surface area contributed by atoms with Crippen LogP contribution in [0.4, 0.5) is 5.82 Å². The Kier molecular flexibility index (Phi) is 3.01. The van der Waals surface area contributed by atoms with E-state index in [0.29, 0.717) is 5.69 Å². The Morgan fingerprint density at radius 2 is 2.42 bits per heavy atom. The lowest BCUT2D eigenvalue weighted by Crippen LogP contribution is -1.94. The molecule has 1 rings (SSSR count). The van der Waals surface area contributed by atoms with Gasteiger partial charge in [0.15, 0.2) is 11.0 Å². The summed E-state index contributed by atoms with van der Waals surface area (Å²) < 4.78 is 0. The van der Waals surface area contributed by atoms with Crippen LogP contribution in [0.25, 0.3) is 6.08 Å². The molecule has 5 heteroatoms. The van der Waals surface area contributed by atoms with Crippen LogP contribution in [-0.2, 0) is 0 Å². The second-order valence-electron chi connectivity index (χ2n) is 2.06. The fraction of sp³-hybridized carbons (Fsp3) is 0.143. The minimum absolute atomic E-state index is 0.0380. The molecule has 0 bridgehead atoms. The number of anilines is 1. The lowest BCUT2D eigenvalue weighted by molar-refractivity contribution is 0.343. The molecule has 0 aliphatic heterocycles. The average Bonchev–Trinajstić information content (AvgIpc) is 2.07. The monoisotopic (exact) mass is 185 g/mol. The van der Waals surface area contributed by atoms with Gasteiger partial charge in [0.1, 0.15) is 0 Å². The Hall–Kier alpha value is -1.13. The molecule has 1 heterocycles. The summed E-state index contributed by atoms with van der Waals surface area (Å²) in [7, 11) is 0. The van der Waals surface area contributed by atoms with E-state index in [1.165, 1.54) is 12.3 Å². The smallest absolute Gasteiger partial charge is 0.171 e. The molecular weight excluding hydrogens is 178 g/mol. The molecule has 0 aromatic carbocycles. The second-order valence-corrected chi connectivity index (χ2v) is 2.41. The van der Waals surface area contributed by atoms with Gasteiger partial charge in [0.2, 0.25) is 0 Å². The average molecular weight is 186 g/mol. The number of aliphatic hydroxyl groups excluding tert-OH is 1. The van der Waals surface area contributed by atoms with Crippen LogP contribution in [0, 0.1) is 0 Å². The second kappa shape index (κ2) is 4.04. The van der Waals surface area contributed by atoms with Gasteiger partial charge in [-0.25, -0.2) is 9.97 Å². The number of halogens is 1. The maximum absolute atomic E-state index is 8.46. The topological polar surface area (TPSA) is 72.0 Å². The molecule has 0 unspecified atom stereocenters. The number of hydrogen-bond acceptors (Lipinski definition) is 4.